The van der Waals surface area contributed by atoms with Crippen molar-refractivity contribution in [3.63, 3.8) is 0 Å². The number of hydrogen-bond acceptors (Lipinski definition) is 8. The lowest BCUT2D eigenvalue weighted by atomic mass is 10.2. The van der Waals surface area contributed by atoms with Gasteiger partial charge >= 0.3 is 0 Å². The van der Waals surface area contributed by atoms with Gasteiger partial charge in [-0.25, -0.2) is 22.1 Å². The molecule has 0 amide bonds. The Balaban J connectivity index is 1.33. The molecule has 0 saturated carbocycles. The number of piperazine rings is 1. The van der Waals surface area contributed by atoms with E-state index in [-0.39, 0.29) is 10.7 Å². The van der Waals surface area contributed by atoms with Gasteiger partial charge in [-0.15, -0.1) is 0 Å². The van der Waals surface area contributed by atoms with Gasteiger partial charge in [0.2, 0.25) is 20.9 Å². The first-order valence-corrected chi connectivity index (χ1v) is 14.3. The topological polar surface area (TPSA) is 105 Å². The van der Waals surface area contributed by atoms with Crippen molar-refractivity contribution in [3.05, 3.63) is 60.0 Å². The highest BCUT2D eigenvalue weighted by molar-refractivity contribution is 7.91. The Hall–Kier alpha value is -2.93. The van der Waals surface area contributed by atoms with Crippen LogP contribution in [0.1, 0.15) is 5.69 Å². The number of anilines is 4. The van der Waals surface area contributed by atoms with Gasteiger partial charge in [-0.2, -0.15) is 4.98 Å². The first-order valence-electron chi connectivity index (χ1n) is 11.6. The molecule has 36 heavy (non-hydrogen) atoms. The first-order chi connectivity index (χ1) is 17.2. The summed E-state index contributed by atoms with van der Waals surface area (Å²) in [6.07, 6.45) is 0.609. The van der Waals surface area contributed by atoms with Crippen molar-refractivity contribution in [2.45, 2.75) is 16.2 Å². The van der Waals surface area contributed by atoms with Crippen molar-refractivity contribution in [3.8, 4) is 0 Å². The Labute approximate surface area is 213 Å². The lowest BCUT2D eigenvalue weighted by molar-refractivity contribution is 0.520. The Bertz CT molecular complexity index is 1360. The summed E-state index contributed by atoms with van der Waals surface area (Å²) in [6, 6.07) is 13.0. The van der Waals surface area contributed by atoms with Gasteiger partial charge in [-0.05, 0) is 53.6 Å². The normalized spacial score (nSPS) is 18.0. The van der Waals surface area contributed by atoms with Crippen LogP contribution in [-0.4, -0.2) is 73.3 Å². The Kier molecular flexibility index (Phi) is 6.77. The Morgan fingerprint density at radius 2 is 1.72 bits per heavy atom. The third-order valence-corrected chi connectivity index (χ3v) is 9.59. The van der Waals surface area contributed by atoms with Gasteiger partial charge in [0.1, 0.15) is 17.3 Å². The van der Waals surface area contributed by atoms with Gasteiger partial charge in [-0.1, -0.05) is 6.07 Å². The van der Waals surface area contributed by atoms with E-state index in [0.717, 1.165) is 11.4 Å². The average molecular weight is 531 g/mol. The summed E-state index contributed by atoms with van der Waals surface area (Å²) in [4.78, 5) is 14.5. The van der Waals surface area contributed by atoms with Crippen LogP contribution in [-0.2, 0) is 27.6 Å². The highest BCUT2D eigenvalue weighted by Gasteiger charge is 2.33. The molecule has 0 aliphatic carbocycles. The van der Waals surface area contributed by atoms with Gasteiger partial charge < -0.3 is 19.7 Å². The van der Waals surface area contributed by atoms with Crippen molar-refractivity contribution >= 4 is 44.3 Å². The molecule has 0 bridgehead atoms. The maximum Gasteiger partial charge on any atom is 0.242 e. The zero-order valence-electron chi connectivity index (χ0n) is 20.0. The van der Waals surface area contributed by atoms with E-state index in [1.54, 1.807) is 24.3 Å². The molecule has 1 unspecified atom stereocenters. The second-order valence-corrected chi connectivity index (χ2v) is 12.5. The van der Waals surface area contributed by atoms with Gasteiger partial charge in [0.15, 0.2) is 5.82 Å². The molecule has 1 fully saturated rings. The quantitative estimate of drug-likeness (QED) is 0.485. The third-order valence-electron chi connectivity index (χ3n) is 6.31. The summed E-state index contributed by atoms with van der Waals surface area (Å²) in [7, 11) is -0.438. The smallest absolute Gasteiger partial charge is 0.242 e. The molecule has 2 aliphatic rings. The molecule has 9 nitrogen and oxygen atoms in total. The van der Waals surface area contributed by atoms with Crippen LogP contribution >= 0.6 is 0 Å². The molecule has 0 radical (unpaired) electrons. The van der Waals surface area contributed by atoms with Crippen molar-refractivity contribution in [2.75, 3.05) is 61.1 Å². The van der Waals surface area contributed by atoms with Crippen LogP contribution in [0.25, 0.3) is 0 Å². The van der Waals surface area contributed by atoms with E-state index in [4.69, 9.17) is 9.97 Å². The van der Waals surface area contributed by atoms with Gasteiger partial charge in [0.25, 0.3) is 0 Å². The lowest BCUT2D eigenvalue weighted by Gasteiger charge is -2.36. The molecule has 5 rings (SSSR count). The second-order valence-electron chi connectivity index (χ2n) is 8.84. The number of nitrogens with one attached hydrogen (secondary N) is 1. The predicted molar refractivity (Wildman–Crippen MR) is 138 cm³/mol. The van der Waals surface area contributed by atoms with Crippen molar-refractivity contribution in [1.82, 2.24) is 14.3 Å². The van der Waals surface area contributed by atoms with Crippen LogP contribution in [0.4, 0.5) is 27.5 Å². The fourth-order valence-corrected chi connectivity index (χ4v) is 6.52. The van der Waals surface area contributed by atoms with E-state index < -0.39 is 21.2 Å². The Morgan fingerprint density at radius 3 is 2.39 bits per heavy atom. The molecule has 1 saturated heterocycles. The van der Waals surface area contributed by atoms with E-state index in [1.165, 1.54) is 30.5 Å². The molecule has 2 aliphatic heterocycles. The summed E-state index contributed by atoms with van der Waals surface area (Å²) in [6.45, 7) is 2.75. The van der Waals surface area contributed by atoms with Crippen molar-refractivity contribution in [1.29, 1.82) is 0 Å². The van der Waals surface area contributed by atoms with Crippen LogP contribution in [0.2, 0.25) is 0 Å². The molecule has 0 spiro atoms. The number of fused-ring (bicyclic) bond motifs is 1. The fourth-order valence-electron chi connectivity index (χ4n) is 4.32. The summed E-state index contributed by atoms with van der Waals surface area (Å²) < 4.78 is 52.2. The SMILES string of the molecule is CN(C)S(=O)(=O)c1ccc(N2CCN(c3nc4c(c(Nc5cccc(F)c5)n3)[S+]([O-])CC4)CC2)cc1. The van der Waals surface area contributed by atoms with Crippen molar-refractivity contribution in [2.24, 2.45) is 0 Å². The second kappa shape index (κ2) is 9.85. The van der Waals surface area contributed by atoms with Gasteiger partial charge in [0.05, 0.1) is 4.90 Å². The maximum absolute atomic E-state index is 13.7. The summed E-state index contributed by atoms with van der Waals surface area (Å²) >= 11 is -1.20. The number of rotatable bonds is 6. The largest absolute Gasteiger partial charge is 0.611 e. The summed E-state index contributed by atoms with van der Waals surface area (Å²) in [5.41, 5.74) is 2.25. The van der Waals surface area contributed by atoms with E-state index >= 15 is 0 Å². The van der Waals surface area contributed by atoms with E-state index in [1.807, 2.05) is 12.1 Å². The first kappa shape index (κ1) is 24.8. The zero-order chi connectivity index (χ0) is 25.4. The minimum atomic E-state index is -3.47. The maximum atomic E-state index is 13.7. The van der Waals surface area contributed by atoms with Crippen molar-refractivity contribution < 1.29 is 17.4 Å². The molecule has 3 aromatic rings. The number of nitrogens with zero attached hydrogens (tertiary/aromatic N) is 5. The number of sulfonamides is 1. The number of hydrogen-bond donors (Lipinski definition) is 1. The standard InChI is InChI=1S/C24H27FN6O3S2/c1-29(2)36(33,34)20-8-6-19(7-9-20)30-11-13-31(14-12-30)24-27-21-10-15-35(32)22(21)23(28-24)26-18-5-3-4-17(25)16-18/h3-9,16H,10-15H2,1-2H3,(H,26,27,28). The molecular formula is C24H27FN6O3S2. The molecular weight excluding hydrogens is 503 g/mol. The fraction of sp³-hybridized carbons (Fsp3) is 0.333. The van der Waals surface area contributed by atoms with Gasteiger partial charge in [-0.3, -0.25) is 0 Å². The third kappa shape index (κ3) is 4.85. The van der Waals surface area contributed by atoms with Crippen LogP contribution in [0.15, 0.2) is 58.3 Å². The Morgan fingerprint density at radius 1 is 1.03 bits per heavy atom. The summed E-state index contributed by atoms with van der Waals surface area (Å²) in [5, 5.41) is 3.14. The highest BCUT2D eigenvalue weighted by atomic mass is 32.2. The number of aryl methyl sites for hydroxylation is 1. The van der Waals surface area contributed by atoms with Gasteiger partial charge in [0, 0.05) is 58.1 Å². The number of aromatic nitrogens is 2. The van der Waals surface area contributed by atoms with Crippen LogP contribution in [0, 0.1) is 5.82 Å². The molecule has 1 aromatic heterocycles. The predicted octanol–water partition coefficient (Wildman–Crippen LogP) is 2.60. The minimum Gasteiger partial charge on any atom is -0.611 e. The zero-order valence-corrected chi connectivity index (χ0v) is 21.6. The number of benzene rings is 2. The average Bonchev–Trinajstić information content (AvgIpc) is 3.25. The molecule has 3 heterocycles. The van der Waals surface area contributed by atoms with E-state index in [0.29, 0.717) is 60.7 Å². The van der Waals surface area contributed by atoms with E-state index in [9.17, 15) is 17.4 Å². The lowest BCUT2D eigenvalue weighted by Crippen LogP contribution is -2.47. The summed E-state index contributed by atoms with van der Waals surface area (Å²) in [5.74, 6) is 1.14. The van der Waals surface area contributed by atoms with Crippen LogP contribution in [0.5, 0.6) is 0 Å². The highest BCUT2D eigenvalue weighted by Crippen LogP contribution is 2.34. The monoisotopic (exact) mass is 530 g/mol. The molecule has 12 heteroatoms. The minimum absolute atomic E-state index is 0.261. The van der Waals surface area contributed by atoms with Crippen LogP contribution < -0.4 is 15.1 Å². The molecule has 1 atom stereocenters. The molecule has 190 valence electrons. The van der Waals surface area contributed by atoms with Crippen LogP contribution in [0.3, 0.4) is 0 Å². The molecule has 1 N–H and O–H groups in total. The number of halogens is 1. The molecule has 2 aromatic carbocycles. The van der Waals surface area contributed by atoms with E-state index in [2.05, 4.69) is 15.1 Å².